The molecular weight excluding hydrogens is 228 g/mol. The molecule has 1 aromatic rings. The lowest BCUT2D eigenvalue weighted by Gasteiger charge is -2.07. The first-order valence-corrected chi connectivity index (χ1v) is 5.17. The van der Waals surface area contributed by atoms with Gasteiger partial charge in [-0.3, -0.25) is 10.1 Å². The van der Waals surface area contributed by atoms with Crippen LogP contribution in [-0.2, 0) is 0 Å². The van der Waals surface area contributed by atoms with Crippen molar-refractivity contribution in [2.45, 2.75) is 13.3 Å². The Labute approximate surface area is 97.8 Å². The van der Waals surface area contributed by atoms with Gasteiger partial charge in [0.15, 0.2) is 0 Å². The number of rotatable bonds is 7. The van der Waals surface area contributed by atoms with Crippen LogP contribution in [0.1, 0.15) is 13.3 Å². The fourth-order valence-electron chi connectivity index (χ4n) is 1.15. The molecule has 0 aliphatic heterocycles. The second-order valence-electron chi connectivity index (χ2n) is 3.13. The van der Waals surface area contributed by atoms with Gasteiger partial charge in [0.2, 0.25) is 5.82 Å². The molecule has 0 unspecified atom stereocenters. The second kappa shape index (κ2) is 6.59. The molecule has 17 heavy (non-hydrogen) atoms. The SMILES string of the molecule is CCCNc1ncnc(OCCO)c1[N+](=O)[O-]. The number of aliphatic hydroxyl groups excluding tert-OH is 1. The molecule has 8 nitrogen and oxygen atoms in total. The molecule has 0 saturated heterocycles. The van der Waals surface area contributed by atoms with Gasteiger partial charge in [0, 0.05) is 6.54 Å². The fraction of sp³-hybridized carbons (Fsp3) is 0.556. The summed E-state index contributed by atoms with van der Waals surface area (Å²) >= 11 is 0. The summed E-state index contributed by atoms with van der Waals surface area (Å²) in [4.78, 5) is 17.8. The van der Waals surface area contributed by atoms with Crippen LogP contribution >= 0.6 is 0 Å². The summed E-state index contributed by atoms with van der Waals surface area (Å²) in [6.45, 7) is 2.21. The molecule has 0 radical (unpaired) electrons. The Morgan fingerprint density at radius 3 is 2.94 bits per heavy atom. The minimum Gasteiger partial charge on any atom is -0.470 e. The number of aromatic nitrogens is 2. The fourth-order valence-corrected chi connectivity index (χ4v) is 1.15. The van der Waals surface area contributed by atoms with Crippen molar-refractivity contribution >= 4 is 11.5 Å². The molecule has 0 atom stereocenters. The number of hydrogen-bond donors (Lipinski definition) is 2. The quantitative estimate of drug-likeness (QED) is 0.531. The van der Waals surface area contributed by atoms with Crippen LogP contribution in [0.15, 0.2) is 6.33 Å². The van der Waals surface area contributed by atoms with E-state index in [4.69, 9.17) is 9.84 Å². The molecule has 2 N–H and O–H groups in total. The zero-order valence-electron chi connectivity index (χ0n) is 9.42. The van der Waals surface area contributed by atoms with Gasteiger partial charge in [-0.05, 0) is 6.42 Å². The average molecular weight is 242 g/mol. The van der Waals surface area contributed by atoms with Crippen LogP contribution in [0, 0.1) is 10.1 Å². The average Bonchev–Trinajstić information content (AvgIpc) is 2.33. The van der Waals surface area contributed by atoms with E-state index in [0.29, 0.717) is 6.54 Å². The number of nitrogens with zero attached hydrogens (tertiary/aromatic N) is 3. The molecule has 0 bridgehead atoms. The Hall–Kier alpha value is -1.96. The van der Waals surface area contributed by atoms with Crippen molar-refractivity contribution in [3.63, 3.8) is 0 Å². The molecule has 0 spiro atoms. The third-order valence-corrected chi connectivity index (χ3v) is 1.84. The molecule has 0 aliphatic rings. The van der Waals surface area contributed by atoms with Gasteiger partial charge >= 0.3 is 5.69 Å². The van der Waals surface area contributed by atoms with Gasteiger partial charge in [0.1, 0.15) is 12.9 Å². The lowest BCUT2D eigenvalue weighted by Crippen LogP contribution is -2.10. The predicted octanol–water partition coefficient (Wildman–Crippen LogP) is 0.578. The minimum absolute atomic E-state index is 0.0505. The number of hydrogen-bond acceptors (Lipinski definition) is 7. The van der Waals surface area contributed by atoms with Gasteiger partial charge in [-0.1, -0.05) is 6.92 Å². The topological polar surface area (TPSA) is 110 Å². The monoisotopic (exact) mass is 242 g/mol. The first-order chi connectivity index (χ1) is 8.20. The number of aliphatic hydroxyl groups is 1. The molecule has 1 aromatic heterocycles. The van der Waals surface area contributed by atoms with Crippen LogP contribution < -0.4 is 10.1 Å². The van der Waals surface area contributed by atoms with E-state index >= 15 is 0 Å². The summed E-state index contributed by atoms with van der Waals surface area (Å²) in [6.07, 6.45) is 1.99. The zero-order chi connectivity index (χ0) is 12.7. The predicted molar refractivity (Wildman–Crippen MR) is 60.0 cm³/mol. The summed E-state index contributed by atoms with van der Waals surface area (Å²) in [5.74, 6) is -0.0163. The van der Waals surface area contributed by atoms with Crippen molar-refractivity contribution in [1.29, 1.82) is 0 Å². The highest BCUT2D eigenvalue weighted by Gasteiger charge is 2.23. The highest BCUT2D eigenvalue weighted by Crippen LogP contribution is 2.30. The van der Waals surface area contributed by atoms with Crippen LogP contribution in [0.5, 0.6) is 5.88 Å². The summed E-state index contributed by atoms with van der Waals surface area (Å²) < 4.78 is 4.99. The van der Waals surface area contributed by atoms with Crippen LogP contribution in [0.4, 0.5) is 11.5 Å². The first kappa shape index (κ1) is 13.1. The maximum absolute atomic E-state index is 10.9. The third-order valence-electron chi connectivity index (χ3n) is 1.84. The minimum atomic E-state index is -0.606. The Balaban J connectivity index is 2.99. The summed E-state index contributed by atoms with van der Waals surface area (Å²) in [5.41, 5.74) is -0.311. The van der Waals surface area contributed by atoms with Crippen molar-refractivity contribution in [1.82, 2.24) is 9.97 Å². The largest absolute Gasteiger partial charge is 0.470 e. The molecule has 0 aromatic carbocycles. The van der Waals surface area contributed by atoms with Gasteiger partial charge in [0.25, 0.3) is 5.88 Å². The van der Waals surface area contributed by atoms with E-state index in [9.17, 15) is 10.1 Å². The normalized spacial score (nSPS) is 10.0. The van der Waals surface area contributed by atoms with Crippen molar-refractivity contribution in [3.05, 3.63) is 16.4 Å². The first-order valence-electron chi connectivity index (χ1n) is 5.17. The van der Waals surface area contributed by atoms with Gasteiger partial charge in [-0.2, -0.15) is 4.98 Å². The number of ether oxygens (including phenoxy) is 1. The lowest BCUT2D eigenvalue weighted by molar-refractivity contribution is -0.385. The van der Waals surface area contributed by atoms with E-state index in [2.05, 4.69) is 15.3 Å². The third kappa shape index (κ3) is 3.52. The number of anilines is 1. The van der Waals surface area contributed by atoms with Crippen LogP contribution in [-0.4, -0.2) is 39.8 Å². The van der Waals surface area contributed by atoms with E-state index in [-0.39, 0.29) is 30.6 Å². The molecule has 94 valence electrons. The Morgan fingerprint density at radius 2 is 2.35 bits per heavy atom. The summed E-state index contributed by atoms with van der Waals surface area (Å²) in [5, 5.41) is 22.4. The number of nitro groups is 1. The van der Waals surface area contributed by atoms with E-state index < -0.39 is 4.92 Å². The Kier molecular flexibility index (Phi) is 5.08. The van der Waals surface area contributed by atoms with Crippen LogP contribution in [0.2, 0.25) is 0 Å². The maximum atomic E-state index is 10.9. The zero-order valence-corrected chi connectivity index (χ0v) is 9.42. The van der Waals surface area contributed by atoms with Gasteiger partial charge in [-0.15, -0.1) is 0 Å². The molecule has 1 heterocycles. The highest BCUT2D eigenvalue weighted by atomic mass is 16.6. The maximum Gasteiger partial charge on any atom is 0.372 e. The molecule has 0 amide bonds. The number of nitrogens with one attached hydrogen (secondary N) is 1. The molecule has 0 fully saturated rings. The molecule has 0 saturated carbocycles. The molecule has 0 aliphatic carbocycles. The standard InChI is InChI=1S/C9H14N4O4/c1-2-3-10-8-7(13(15)16)9(12-6-11-8)17-5-4-14/h6,14H,2-5H2,1H3,(H,10,11,12). The van der Waals surface area contributed by atoms with Gasteiger partial charge in [0.05, 0.1) is 11.5 Å². The lowest BCUT2D eigenvalue weighted by atomic mass is 10.4. The molecule has 8 heteroatoms. The van der Waals surface area contributed by atoms with Crippen LogP contribution in [0.25, 0.3) is 0 Å². The van der Waals surface area contributed by atoms with Crippen molar-refractivity contribution < 1.29 is 14.8 Å². The van der Waals surface area contributed by atoms with Gasteiger partial charge < -0.3 is 15.2 Å². The van der Waals surface area contributed by atoms with E-state index in [1.807, 2.05) is 6.92 Å². The molecule has 1 rings (SSSR count). The highest BCUT2D eigenvalue weighted by molar-refractivity contribution is 5.60. The smallest absolute Gasteiger partial charge is 0.372 e. The van der Waals surface area contributed by atoms with E-state index in [0.717, 1.165) is 6.42 Å². The molecular formula is C9H14N4O4. The van der Waals surface area contributed by atoms with E-state index in [1.54, 1.807) is 0 Å². The second-order valence-corrected chi connectivity index (χ2v) is 3.13. The van der Waals surface area contributed by atoms with Crippen molar-refractivity contribution in [3.8, 4) is 5.88 Å². The van der Waals surface area contributed by atoms with Crippen LogP contribution in [0.3, 0.4) is 0 Å². The Morgan fingerprint density at radius 1 is 1.59 bits per heavy atom. The Bertz CT molecular complexity index is 359. The summed E-state index contributed by atoms with van der Waals surface area (Å²) in [7, 11) is 0. The van der Waals surface area contributed by atoms with Crippen molar-refractivity contribution in [2.24, 2.45) is 0 Å². The van der Waals surface area contributed by atoms with Crippen molar-refractivity contribution in [2.75, 3.05) is 25.1 Å². The summed E-state index contributed by atoms with van der Waals surface area (Å²) in [6, 6.07) is 0. The van der Waals surface area contributed by atoms with E-state index in [1.165, 1.54) is 6.33 Å². The van der Waals surface area contributed by atoms with Gasteiger partial charge in [-0.25, -0.2) is 4.98 Å².